The number of aromatic nitrogens is 1. The topological polar surface area (TPSA) is 83.0 Å². The molecule has 1 aromatic carbocycles. The molecule has 0 radical (unpaired) electrons. The number of carbonyl (C=O) groups is 1. The SMILES string of the molecule is COC(=O)C1=C(C)N=c2sc(=Cc3ccco3)c(=O)n2C1c1ccccc1OC(C)C. The van der Waals surface area contributed by atoms with Gasteiger partial charge in [0.2, 0.25) is 0 Å². The Kier molecular flexibility index (Phi) is 5.65. The van der Waals surface area contributed by atoms with Gasteiger partial charge < -0.3 is 13.9 Å². The lowest BCUT2D eigenvalue weighted by Crippen LogP contribution is -2.40. The Bertz CT molecular complexity index is 1330. The molecule has 1 aliphatic heterocycles. The molecule has 0 spiro atoms. The first kappa shape index (κ1) is 20.9. The number of furan rings is 1. The van der Waals surface area contributed by atoms with Crippen LogP contribution >= 0.6 is 11.3 Å². The number of nitrogens with zero attached hydrogens (tertiary/aromatic N) is 2. The van der Waals surface area contributed by atoms with E-state index in [1.54, 1.807) is 31.4 Å². The molecule has 4 rings (SSSR count). The van der Waals surface area contributed by atoms with Crippen LogP contribution in [0.1, 0.15) is 38.1 Å². The van der Waals surface area contributed by atoms with Gasteiger partial charge in [-0.05, 0) is 39.0 Å². The molecule has 0 saturated carbocycles. The van der Waals surface area contributed by atoms with Crippen LogP contribution in [0, 0.1) is 0 Å². The number of esters is 1. The van der Waals surface area contributed by atoms with Gasteiger partial charge in [0.05, 0.1) is 35.3 Å². The second kappa shape index (κ2) is 8.39. The summed E-state index contributed by atoms with van der Waals surface area (Å²) in [6.07, 6.45) is 3.14. The lowest BCUT2D eigenvalue weighted by atomic mass is 9.95. The molecular formula is C23H22N2O5S. The molecule has 8 heteroatoms. The van der Waals surface area contributed by atoms with Crippen LogP contribution in [0.5, 0.6) is 5.75 Å². The number of benzene rings is 1. The van der Waals surface area contributed by atoms with Crippen molar-refractivity contribution in [1.29, 1.82) is 0 Å². The van der Waals surface area contributed by atoms with E-state index in [4.69, 9.17) is 13.9 Å². The predicted octanol–water partition coefficient (Wildman–Crippen LogP) is 2.79. The summed E-state index contributed by atoms with van der Waals surface area (Å²) >= 11 is 1.24. The molecule has 3 heterocycles. The number of fused-ring (bicyclic) bond motifs is 1. The number of hydrogen-bond acceptors (Lipinski definition) is 7. The van der Waals surface area contributed by atoms with E-state index in [0.717, 1.165) is 0 Å². The summed E-state index contributed by atoms with van der Waals surface area (Å²) in [5, 5.41) is 0. The number of methoxy groups -OCH3 is 1. The Labute approximate surface area is 182 Å². The molecule has 1 atom stereocenters. The summed E-state index contributed by atoms with van der Waals surface area (Å²) < 4.78 is 18.4. The van der Waals surface area contributed by atoms with Gasteiger partial charge in [0, 0.05) is 11.6 Å². The van der Waals surface area contributed by atoms with Crippen molar-refractivity contribution < 1.29 is 18.7 Å². The molecule has 31 heavy (non-hydrogen) atoms. The Morgan fingerprint density at radius 2 is 2.03 bits per heavy atom. The van der Waals surface area contributed by atoms with E-state index >= 15 is 0 Å². The zero-order chi connectivity index (χ0) is 22.1. The van der Waals surface area contributed by atoms with Crippen molar-refractivity contribution >= 4 is 23.4 Å². The summed E-state index contributed by atoms with van der Waals surface area (Å²) in [7, 11) is 1.32. The molecule has 3 aromatic rings. The van der Waals surface area contributed by atoms with Crippen LogP contribution in [-0.4, -0.2) is 23.8 Å². The van der Waals surface area contributed by atoms with Gasteiger partial charge in [-0.3, -0.25) is 9.36 Å². The summed E-state index contributed by atoms with van der Waals surface area (Å²) in [6, 6.07) is 10.2. The first-order chi connectivity index (χ1) is 14.9. The maximum absolute atomic E-state index is 13.4. The van der Waals surface area contributed by atoms with E-state index in [1.165, 1.54) is 23.0 Å². The summed E-state index contributed by atoms with van der Waals surface area (Å²) in [4.78, 5) is 31.2. The second-order valence-corrected chi connectivity index (χ2v) is 8.30. The maximum atomic E-state index is 13.4. The zero-order valence-electron chi connectivity index (χ0n) is 17.6. The van der Waals surface area contributed by atoms with Crippen LogP contribution in [0.15, 0.2) is 68.1 Å². The number of rotatable bonds is 5. The number of ether oxygens (including phenoxy) is 2. The van der Waals surface area contributed by atoms with Crippen molar-refractivity contribution in [3.63, 3.8) is 0 Å². The van der Waals surface area contributed by atoms with Gasteiger partial charge in [-0.2, -0.15) is 0 Å². The highest BCUT2D eigenvalue weighted by Crippen LogP contribution is 2.36. The third-order valence-electron chi connectivity index (χ3n) is 4.82. The smallest absolute Gasteiger partial charge is 0.338 e. The van der Waals surface area contributed by atoms with E-state index in [1.807, 2.05) is 38.1 Å². The highest BCUT2D eigenvalue weighted by molar-refractivity contribution is 7.07. The largest absolute Gasteiger partial charge is 0.491 e. The average Bonchev–Trinajstić information content (AvgIpc) is 3.35. The van der Waals surface area contributed by atoms with Gasteiger partial charge in [-0.15, -0.1) is 0 Å². The quantitative estimate of drug-likeness (QED) is 0.572. The number of allylic oxidation sites excluding steroid dienone is 1. The minimum atomic E-state index is -0.725. The normalized spacial score (nSPS) is 16.3. The molecule has 7 nitrogen and oxygen atoms in total. The molecule has 0 bridgehead atoms. The van der Waals surface area contributed by atoms with E-state index < -0.39 is 12.0 Å². The van der Waals surface area contributed by atoms with Crippen molar-refractivity contribution in [2.75, 3.05) is 7.11 Å². The molecular weight excluding hydrogens is 416 g/mol. The number of hydrogen-bond donors (Lipinski definition) is 0. The minimum absolute atomic E-state index is 0.0809. The Morgan fingerprint density at radius 3 is 2.71 bits per heavy atom. The van der Waals surface area contributed by atoms with Crippen LogP contribution in [0.4, 0.5) is 0 Å². The Balaban J connectivity index is 2.01. The first-order valence-electron chi connectivity index (χ1n) is 9.80. The maximum Gasteiger partial charge on any atom is 0.338 e. The van der Waals surface area contributed by atoms with Crippen molar-refractivity contribution in [1.82, 2.24) is 4.57 Å². The zero-order valence-corrected chi connectivity index (χ0v) is 18.4. The molecule has 0 amide bonds. The lowest BCUT2D eigenvalue weighted by Gasteiger charge is -2.26. The van der Waals surface area contributed by atoms with Crippen molar-refractivity contribution in [3.8, 4) is 5.75 Å². The van der Waals surface area contributed by atoms with E-state index in [-0.39, 0.29) is 11.7 Å². The van der Waals surface area contributed by atoms with E-state index in [9.17, 15) is 9.59 Å². The minimum Gasteiger partial charge on any atom is -0.491 e. The highest BCUT2D eigenvalue weighted by atomic mass is 32.1. The fourth-order valence-electron chi connectivity index (χ4n) is 3.56. The number of thiazole rings is 1. The van der Waals surface area contributed by atoms with Gasteiger partial charge in [0.25, 0.3) is 5.56 Å². The molecule has 160 valence electrons. The molecule has 1 aliphatic rings. The van der Waals surface area contributed by atoms with Gasteiger partial charge in [0.1, 0.15) is 17.6 Å². The van der Waals surface area contributed by atoms with Gasteiger partial charge in [0.15, 0.2) is 4.80 Å². The van der Waals surface area contributed by atoms with Crippen molar-refractivity contribution in [2.24, 2.45) is 4.99 Å². The molecule has 0 aliphatic carbocycles. The molecule has 0 saturated heterocycles. The van der Waals surface area contributed by atoms with Crippen LogP contribution in [0.3, 0.4) is 0 Å². The lowest BCUT2D eigenvalue weighted by molar-refractivity contribution is -0.136. The molecule has 0 fully saturated rings. The van der Waals surface area contributed by atoms with Gasteiger partial charge >= 0.3 is 5.97 Å². The Hall–Kier alpha value is -3.39. The van der Waals surface area contributed by atoms with Crippen LogP contribution < -0.4 is 19.6 Å². The van der Waals surface area contributed by atoms with Crippen LogP contribution in [0.25, 0.3) is 6.08 Å². The van der Waals surface area contributed by atoms with Crippen LogP contribution in [0.2, 0.25) is 0 Å². The van der Waals surface area contributed by atoms with Crippen molar-refractivity contribution in [2.45, 2.75) is 32.9 Å². The summed E-state index contributed by atoms with van der Waals surface area (Å²) in [5.74, 6) is 0.624. The van der Waals surface area contributed by atoms with Gasteiger partial charge in [-0.1, -0.05) is 29.5 Å². The number of carbonyl (C=O) groups excluding carboxylic acids is 1. The van der Waals surface area contributed by atoms with Gasteiger partial charge in [-0.25, -0.2) is 9.79 Å². The molecule has 2 aromatic heterocycles. The first-order valence-corrected chi connectivity index (χ1v) is 10.6. The third-order valence-corrected chi connectivity index (χ3v) is 5.80. The predicted molar refractivity (Wildman–Crippen MR) is 117 cm³/mol. The monoisotopic (exact) mass is 438 g/mol. The summed E-state index contributed by atoms with van der Waals surface area (Å²) in [5.41, 5.74) is 1.23. The third kappa shape index (κ3) is 3.86. The molecule has 0 N–H and O–H groups in total. The van der Waals surface area contributed by atoms with Crippen molar-refractivity contribution in [3.05, 3.63) is 84.9 Å². The second-order valence-electron chi connectivity index (χ2n) is 7.29. The van der Waals surface area contributed by atoms with E-state index in [0.29, 0.717) is 37.7 Å². The van der Waals surface area contributed by atoms with E-state index in [2.05, 4.69) is 4.99 Å². The summed E-state index contributed by atoms with van der Waals surface area (Å²) in [6.45, 7) is 5.59. The van der Waals surface area contributed by atoms with Crippen LogP contribution in [-0.2, 0) is 9.53 Å². The number of para-hydroxylation sites is 1. The highest BCUT2D eigenvalue weighted by Gasteiger charge is 2.34. The fraction of sp³-hybridized carbons (Fsp3) is 0.261. The fourth-order valence-corrected chi connectivity index (χ4v) is 4.58. The average molecular weight is 439 g/mol. The Morgan fingerprint density at radius 1 is 1.26 bits per heavy atom. The standard InChI is InChI=1S/C23H22N2O5S/c1-13(2)30-17-10-6-5-9-16(17)20-19(22(27)28-4)14(3)24-23-25(20)21(26)18(31-23)12-15-8-7-11-29-15/h5-13,20H,1-4H3. The molecule has 1 unspecified atom stereocenters.